The Bertz CT molecular complexity index is 1060. The normalized spacial score (nSPS) is 18.5. The van der Waals surface area contributed by atoms with Crippen molar-refractivity contribution in [1.82, 2.24) is 29.7 Å². The van der Waals surface area contributed by atoms with Crippen LogP contribution in [0.5, 0.6) is 0 Å². The number of carbonyl (C=O) groups excluding carboxylic acids is 2. The van der Waals surface area contributed by atoms with Gasteiger partial charge in [0.15, 0.2) is 0 Å². The second kappa shape index (κ2) is 6.19. The number of hydrogen-bond donors (Lipinski definition) is 2. The van der Waals surface area contributed by atoms with Crippen molar-refractivity contribution < 1.29 is 9.59 Å². The van der Waals surface area contributed by atoms with E-state index < -0.39 is 5.54 Å². The largest absolute Gasteiger partial charge is 0.348 e. The third-order valence-corrected chi connectivity index (χ3v) is 6.19. The van der Waals surface area contributed by atoms with Crippen LogP contribution in [0.4, 0.5) is 0 Å². The maximum absolute atomic E-state index is 13.0. The minimum Gasteiger partial charge on any atom is -0.348 e. The van der Waals surface area contributed by atoms with Crippen LogP contribution in [-0.2, 0) is 16.8 Å². The van der Waals surface area contributed by atoms with Crippen LogP contribution < -0.4 is 0 Å². The molecule has 5 rings (SSSR count). The van der Waals surface area contributed by atoms with Gasteiger partial charge in [-0.25, -0.2) is 9.97 Å². The van der Waals surface area contributed by atoms with Crippen LogP contribution in [0.15, 0.2) is 30.9 Å². The summed E-state index contributed by atoms with van der Waals surface area (Å²) in [5, 5.41) is 0. The van der Waals surface area contributed by atoms with Crippen molar-refractivity contribution in [3.8, 4) is 0 Å². The minimum atomic E-state index is -0.413. The molecule has 2 amide bonds. The SMILES string of the molecule is CC(=O)N1CCc2[nH]cnc2C12CCN(C(=O)c1ccc3nc[nH]c3c1)CC2. The van der Waals surface area contributed by atoms with Crippen molar-refractivity contribution in [2.45, 2.75) is 31.7 Å². The van der Waals surface area contributed by atoms with Crippen LogP contribution in [0.1, 0.15) is 41.5 Å². The smallest absolute Gasteiger partial charge is 0.253 e. The highest BCUT2D eigenvalue weighted by molar-refractivity contribution is 5.97. The standard InChI is InChI=1S/C20H22N6O2/c1-13(27)26-7-4-16-18(24-12-22-16)20(26)5-8-25(9-6-20)19(28)14-2-3-15-17(10-14)23-11-21-15/h2-3,10-12H,4-9H2,1H3,(H,21,23)(H,22,24). The molecular formula is C20H22N6O2. The summed E-state index contributed by atoms with van der Waals surface area (Å²) in [5.74, 6) is 0.0805. The van der Waals surface area contributed by atoms with Gasteiger partial charge in [0.1, 0.15) is 0 Å². The lowest BCUT2D eigenvalue weighted by Crippen LogP contribution is -2.58. The van der Waals surface area contributed by atoms with Gasteiger partial charge in [0.05, 0.1) is 34.9 Å². The van der Waals surface area contributed by atoms with Gasteiger partial charge in [-0.05, 0) is 31.0 Å². The van der Waals surface area contributed by atoms with Crippen molar-refractivity contribution in [3.05, 3.63) is 47.8 Å². The second-order valence-electron chi connectivity index (χ2n) is 7.61. The molecule has 8 heteroatoms. The predicted molar refractivity (Wildman–Crippen MR) is 103 cm³/mol. The molecule has 1 fully saturated rings. The van der Waals surface area contributed by atoms with Crippen LogP contribution in [0.25, 0.3) is 11.0 Å². The number of imidazole rings is 2. The Morgan fingerprint density at radius 3 is 2.64 bits per heavy atom. The molecule has 0 saturated carbocycles. The number of fused-ring (bicyclic) bond motifs is 3. The number of hydrogen-bond acceptors (Lipinski definition) is 4. The van der Waals surface area contributed by atoms with Crippen LogP contribution >= 0.6 is 0 Å². The lowest BCUT2D eigenvalue weighted by Gasteiger charge is -2.50. The third kappa shape index (κ3) is 2.44. The topological polar surface area (TPSA) is 98.0 Å². The number of H-pyrrole nitrogens is 2. The summed E-state index contributed by atoms with van der Waals surface area (Å²) in [6.07, 6.45) is 5.53. The molecule has 4 heterocycles. The van der Waals surface area contributed by atoms with E-state index in [4.69, 9.17) is 0 Å². The van der Waals surface area contributed by atoms with E-state index in [0.717, 1.165) is 28.8 Å². The molecular weight excluding hydrogens is 356 g/mol. The first-order chi connectivity index (χ1) is 13.6. The summed E-state index contributed by atoms with van der Waals surface area (Å²) >= 11 is 0. The number of piperidine rings is 1. The van der Waals surface area contributed by atoms with Crippen LogP contribution in [0.2, 0.25) is 0 Å². The average Bonchev–Trinajstić information content (AvgIpc) is 3.37. The first-order valence-corrected chi connectivity index (χ1v) is 9.62. The molecule has 1 aromatic carbocycles. The molecule has 2 aliphatic heterocycles. The Hall–Kier alpha value is -3.16. The zero-order valence-corrected chi connectivity index (χ0v) is 15.7. The summed E-state index contributed by atoms with van der Waals surface area (Å²) in [5.41, 5.74) is 4.03. The molecule has 28 heavy (non-hydrogen) atoms. The Labute approximate surface area is 162 Å². The Kier molecular flexibility index (Phi) is 3.75. The Balaban J connectivity index is 1.40. The fraction of sp³-hybridized carbons (Fsp3) is 0.400. The van der Waals surface area contributed by atoms with Crippen molar-refractivity contribution >= 4 is 22.8 Å². The van der Waals surface area contributed by atoms with E-state index in [0.29, 0.717) is 38.0 Å². The zero-order valence-electron chi connectivity index (χ0n) is 15.7. The summed E-state index contributed by atoms with van der Waals surface area (Å²) in [4.78, 5) is 44.2. The van der Waals surface area contributed by atoms with Crippen molar-refractivity contribution in [3.63, 3.8) is 0 Å². The number of rotatable bonds is 1. The molecule has 0 bridgehead atoms. The number of benzene rings is 1. The molecule has 2 N–H and O–H groups in total. The third-order valence-electron chi connectivity index (χ3n) is 6.19. The van der Waals surface area contributed by atoms with Crippen LogP contribution in [0, 0.1) is 0 Å². The Morgan fingerprint density at radius 2 is 1.86 bits per heavy atom. The molecule has 8 nitrogen and oxygen atoms in total. The predicted octanol–water partition coefficient (Wildman–Crippen LogP) is 1.82. The fourth-order valence-electron chi connectivity index (χ4n) is 4.77. The maximum Gasteiger partial charge on any atom is 0.253 e. The zero-order chi connectivity index (χ0) is 19.3. The molecule has 2 aliphatic rings. The molecule has 2 aromatic heterocycles. The lowest BCUT2D eigenvalue weighted by atomic mass is 9.78. The average molecular weight is 378 g/mol. The highest BCUT2D eigenvalue weighted by atomic mass is 16.2. The van der Waals surface area contributed by atoms with Crippen molar-refractivity contribution in [2.24, 2.45) is 0 Å². The van der Waals surface area contributed by atoms with Gasteiger partial charge in [0, 0.05) is 44.2 Å². The molecule has 1 saturated heterocycles. The number of nitrogens with one attached hydrogen (secondary N) is 2. The number of carbonyl (C=O) groups is 2. The number of likely N-dealkylation sites (tertiary alicyclic amines) is 1. The number of nitrogens with zero attached hydrogens (tertiary/aromatic N) is 4. The molecule has 0 atom stereocenters. The monoisotopic (exact) mass is 378 g/mol. The van der Waals surface area contributed by atoms with Crippen molar-refractivity contribution in [2.75, 3.05) is 19.6 Å². The van der Waals surface area contributed by atoms with Gasteiger partial charge in [-0.15, -0.1) is 0 Å². The first kappa shape index (κ1) is 17.0. The van der Waals surface area contributed by atoms with E-state index >= 15 is 0 Å². The van der Waals surface area contributed by atoms with Gasteiger partial charge in [-0.1, -0.05) is 0 Å². The number of aromatic nitrogens is 4. The fourth-order valence-corrected chi connectivity index (χ4v) is 4.77. The number of aromatic amines is 2. The molecule has 0 unspecified atom stereocenters. The molecule has 0 aliphatic carbocycles. The van der Waals surface area contributed by atoms with E-state index in [1.54, 1.807) is 19.6 Å². The highest BCUT2D eigenvalue weighted by Crippen LogP contribution is 2.42. The van der Waals surface area contributed by atoms with Gasteiger partial charge in [0.25, 0.3) is 5.91 Å². The second-order valence-corrected chi connectivity index (χ2v) is 7.61. The summed E-state index contributed by atoms with van der Waals surface area (Å²) < 4.78 is 0. The van der Waals surface area contributed by atoms with Crippen molar-refractivity contribution in [1.29, 1.82) is 0 Å². The van der Waals surface area contributed by atoms with E-state index in [9.17, 15) is 9.59 Å². The highest BCUT2D eigenvalue weighted by Gasteiger charge is 2.48. The number of amides is 2. The van der Waals surface area contributed by atoms with Gasteiger partial charge in [0.2, 0.25) is 5.91 Å². The van der Waals surface area contributed by atoms with E-state index in [1.807, 2.05) is 28.0 Å². The Morgan fingerprint density at radius 1 is 1.07 bits per heavy atom. The van der Waals surface area contributed by atoms with Gasteiger partial charge < -0.3 is 19.8 Å². The maximum atomic E-state index is 13.0. The minimum absolute atomic E-state index is 0.0128. The van der Waals surface area contributed by atoms with E-state index in [1.165, 1.54) is 0 Å². The lowest BCUT2D eigenvalue weighted by molar-refractivity contribution is -0.139. The summed E-state index contributed by atoms with van der Waals surface area (Å²) in [6, 6.07) is 5.53. The van der Waals surface area contributed by atoms with Gasteiger partial charge >= 0.3 is 0 Å². The van der Waals surface area contributed by atoms with Crippen LogP contribution in [0.3, 0.4) is 0 Å². The van der Waals surface area contributed by atoms with Crippen LogP contribution in [-0.4, -0.2) is 61.2 Å². The summed E-state index contributed by atoms with van der Waals surface area (Å²) in [7, 11) is 0. The molecule has 144 valence electrons. The molecule has 1 spiro atoms. The quantitative estimate of drug-likeness (QED) is 0.675. The van der Waals surface area contributed by atoms with Gasteiger partial charge in [-0.3, -0.25) is 9.59 Å². The van der Waals surface area contributed by atoms with E-state index in [2.05, 4.69) is 19.9 Å². The van der Waals surface area contributed by atoms with E-state index in [-0.39, 0.29) is 11.8 Å². The first-order valence-electron chi connectivity index (χ1n) is 9.62. The van der Waals surface area contributed by atoms with Gasteiger partial charge in [-0.2, -0.15) is 0 Å². The molecule has 3 aromatic rings. The summed E-state index contributed by atoms with van der Waals surface area (Å²) in [6.45, 7) is 3.50. The molecule has 0 radical (unpaired) electrons.